The van der Waals surface area contributed by atoms with Crippen LogP contribution in [-0.4, -0.2) is 14.8 Å². The maximum Gasteiger partial charge on any atom is 0.195 e. The average Bonchev–Trinajstić information content (AvgIpc) is 2.85. The van der Waals surface area contributed by atoms with Crippen LogP contribution in [-0.2, 0) is 6.54 Å². The molecule has 0 aliphatic rings. The third kappa shape index (κ3) is 3.02. The van der Waals surface area contributed by atoms with Crippen molar-refractivity contribution in [3.63, 3.8) is 0 Å². The van der Waals surface area contributed by atoms with E-state index in [0.717, 1.165) is 17.0 Å². The molecule has 0 unspecified atom stereocenters. The third-order valence-electron chi connectivity index (χ3n) is 3.12. The maximum atomic E-state index is 6.08. The van der Waals surface area contributed by atoms with Gasteiger partial charge in [0, 0.05) is 5.56 Å². The van der Waals surface area contributed by atoms with Crippen molar-refractivity contribution in [1.29, 1.82) is 0 Å². The maximum absolute atomic E-state index is 6.08. The fourth-order valence-electron chi connectivity index (χ4n) is 2.09. The summed E-state index contributed by atoms with van der Waals surface area (Å²) in [5.74, 6) is 0.738. The van der Waals surface area contributed by atoms with Crippen LogP contribution in [0.25, 0.3) is 11.4 Å². The van der Waals surface area contributed by atoms with Crippen LogP contribution in [0, 0.1) is 4.77 Å². The summed E-state index contributed by atoms with van der Waals surface area (Å²) in [5, 5.41) is 8.14. The molecule has 0 atom stereocenters. The number of benzene rings is 2. The average molecular weight is 336 g/mol. The van der Waals surface area contributed by atoms with E-state index in [1.807, 2.05) is 41.0 Å². The summed E-state index contributed by atoms with van der Waals surface area (Å²) < 4.78 is 2.50. The van der Waals surface area contributed by atoms with Gasteiger partial charge in [-0.2, -0.15) is 5.10 Å². The van der Waals surface area contributed by atoms with Gasteiger partial charge in [-0.25, -0.2) is 0 Å². The van der Waals surface area contributed by atoms with Gasteiger partial charge in [-0.1, -0.05) is 53.5 Å². The summed E-state index contributed by atoms with van der Waals surface area (Å²) in [7, 11) is 0. The number of nitrogens with one attached hydrogen (secondary N) is 1. The highest BCUT2D eigenvalue weighted by Crippen LogP contribution is 2.27. The van der Waals surface area contributed by atoms with Crippen molar-refractivity contribution >= 4 is 35.4 Å². The number of hydrogen-bond acceptors (Lipinski definition) is 2. The van der Waals surface area contributed by atoms with E-state index in [-0.39, 0.29) is 0 Å². The Kier molecular flexibility index (Phi) is 4.10. The van der Waals surface area contributed by atoms with Crippen LogP contribution in [0.3, 0.4) is 0 Å². The normalized spacial score (nSPS) is 10.8. The van der Waals surface area contributed by atoms with Gasteiger partial charge in [0.25, 0.3) is 0 Å². The molecule has 3 nitrogen and oxygen atoms in total. The van der Waals surface area contributed by atoms with Gasteiger partial charge in [-0.15, -0.1) is 0 Å². The molecule has 0 saturated carbocycles. The molecule has 0 bridgehead atoms. The standard InChI is InChI=1S/C15H11Cl2N3S/c16-12-7-6-11(8-13(12)17)14-18-19-15(21)20(14)9-10-4-2-1-3-5-10/h1-8H,9H2,(H,19,21). The van der Waals surface area contributed by atoms with Crippen LogP contribution < -0.4 is 0 Å². The van der Waals surface area contributed by atoms with Gasteiger partial charge in [-0.3, -0.25) is 9.67 Å². The predicted molar refractivity (Wildman–Crippen MR) is 88.4 cm³/mol. The van der Waals surface area contributed by atoms with Crippen LogP contribution >= 0.6 is 35.4 Å². The van der Waals surface area contributed by atoms with E-state index in [9.17, 15) is 0 Å². The second-order valence-electron chi connectivity index (χ2n) is 4.55. The fourth-order valence-corrected chi connectivity index (χ4v) is 2.58. The van der Waals surface area contributed by atoms with Crippen LogP contribution in [0.5, 0.6) is 0 Å². The Bertz CT molecular complexity index is 824. The van der Waals surface area contributed by atoms with Crippen LogP contribution in [0.4, 0.5) is 0 Å². The number of aromatic nitrogens is 3. The Morgan fingerprint density at radius 3 is 2.52 bits per heavy atom. The minimum absolute atomic E-state index is 0.495. The van der Waals surface area contributed by atoms with Gasteiger partial charge in [0.05, 0.1) is 16.6 Å². The Morgan fingerprint density at radius 1 is 1.05 bits per heavy atom. The Labute approximate surface area is 137 Å². The highest BCUT2D eigenvalue weighted by Gasteiger charge is 2.11. The van der Waals surface area contributed by atoms with E-state index >= 15 is 0 Å². The SMILES string of the molecule is S=c1[nH]nc(-c2ccc(Cl)c(Cl)c2)n1Cc1ccccc1. The number of H-pyrrole nitrogens is 1. The number of halogens is 2. The fraction of sp³-hybridized carbons (Fsp3) is 0.0667. The largest absolute Gasteiger partial charge is 0.296 e. The second kappa shape index (κ2) is 6.02. The van der Waals surface area contributed by atoms with Crippen molar-refractivity contribution in [1.82, 2.24) is 14.8 Å². The number of aromatic amines is 1. The van der Waals surface area contributed by atoms with E-state index < -0.39 is 0 Å². The molecule has 0 spiro atoms. The molecule has 6 heteroatoms. The molecular formula is C15H11Cl2N3S. The van der Waals surface area contributed by atoms with Gasteiger partial charge in [0.2, 0.25) is 0 Å². The van der Waals surface area contributed by atoms with E-state index in [0.29, 0.717) is 21.4 Å². The molecule has 1 heterocycles. The Balaban J connectivity index is 2.04. The molecule has 1 N–H and O–H groups in total. The highest BCUT2D eigenvalue weighted by atomic mass is 35.5. The molecule has 1 aromatic heterocycles. The predicted octanol–water partition coefficient (Wildman–Crippen LogP) is 4.96. The zero-order valence-electron chi connectivity index (χ0n) is 10.9. The van der Waals surface area contributed by atoms with E-state index in [4.69, 9.17) is 35.4 Å². The lowest BCUT2D eigenvalue weighted by Gasteiger charge is -2.08. The molecule has 3 rings (SSSR count). The van der Waals surface area contributed by atoms with Crippen molar-refractivity contribution in [2.45, 2.75) is 6.54 Å². The molecule has 106 valence electrons. The topological polar surface area (TPSA) is 33.6 Å². The molecule has 3 aromatic rings. The van der Waals surface area contributed by atoms with Gasteiger partial charge in [-0.05, 0) is 36.0 Å². The van der Waals surface area contributed by atoms with Crippen LogP contribution in [0.1, 0.15) is 5.56 Å². The molecule has 2 aromatic carbocycles. The Morgan fingerprint density at radius 2 is 1.81 bits per heavy atom. The smallest absolute Gasteiger partial charge is 0.195 e. The quantitative estimate of drug-likeness (QED) is 0.686. The van der Waals surface area contributed by atoms with E-state index in [2.05, 4.69) is 10.2 Å². The molecular weight excluding hydrogens is 325 g/mol. The van der Waals surface area contributed by atoms with Crippen molar-refractivity contribution in [2.24, 2.45) is 0 Å². The number of nitrogens with zero attached hydrogens (tertiary/aromatic N) is 2. The van der Waals surface area contributed by atoms with Gasteiger partial charge >= 0.3 is 0 Å². The third-order valence-corrected chi connectivity index (χ3v) is 4.17. The molecule has 0 aliphatic carbocycles. The summed E-state index contributed by atoms with van der Waals surface area (Å²) in [4.78, 5) is 0. The summed E-state index contributed by atoms with van der Waals surface area (Å²) in [6, 6.07) is 15.5. The summed E-state index contributed by atoms with van der Waals surface area (Å²) in [5.41, 5.74) is 2.02. The minimum atomic E-state index is 0.495. The molecule has 21 heavy (non-hydrogen) atoms. The first-order chi connectivity index (χ1) is 10.1. The lowest BCUT2D eigenvalue weighted by Crippen LogP contribution is -2.02. The number of hydrogen-bond donors (Lipinski definition) is 1. The highest BCUT2D eigenvalue weighted by molar-refractivity contribution is 7.71. The summed E-state index contributed by atoms with van der Waals surface area (Å²) in [6.45, 7) is 0.645. The first-order valence-corrected chi connectivity index (χ1v) is 7.46. The molecule has 0 fully saturated rings. The van der Waals surface area contributed by atoms with Crippen molar-refractivity contribution in [3.05, 3.63) is 68.9 Å². The van der Waals surface area contributed by atoms with Gasteiger partial charge in [0.1, 0.15) is 0 Å². The zero-order chi connectivity index (χ0) is 14.8. The molecule has 0 radical (unpaired) electrons. The first kappa shape index (κ1) is 14.3. The lowest BCUT2D eigenvalue weighted by molar-refractivity contribution is 0.790. The molecule has 0 saturated heterocycles. The number of rotatable bonds is 3. The monoisotopic (exact) mass is 335 g/mol. The Hall–Kier alpha value is -1.62. The van der Waals surface area contributed by atoms with Crippen molar-refractivity contribution in [2.75, 3.05) is 0 Å². The van der Waals surface area contributed by atoms with Crippen molar-refractivity contribution in [3.8, 4) is 11.4 Å². The second-order valence-corrected chi connectivity index (χ2v) is 5.75. The van der Waals surface area contributed by atoms with Crippen LogP contribution in [0.2, 0.25) is 10.0 Å². The first-order valence-electron chi connectivity index (χ1n) is 6.30. The molecule has 0 aliphatic heterocycles. The molecule has 0 amide bonds. The lowest BCUT2D eigenvalue weighted by atomic mass is 10.2. The van der Waals surface area contributed by atoms with Crippen LogP contribution in [0.15, 0.2) is 48.5 Å². The summed E-state index contributed by atoms with van der Waals surface area (Å²) >= 11 is 17.3. The minimum Gasteiger partial charge on any atom is -0.296 e. The van der Waals surface area contributed by atoms with Gasteiger partial charge < -0.3 is 0 Å². The van der Waals surface area contributed by atoms with E-state index in [1.54, 1.807) is 12.1 Å². The zero-order valence-corrected chi connectivity index (χ0v) is 13.2. The summed E-state index contributed by atoms with van der Waals surface area (Å²) in [6.07, 6.45) is 0. The van der Waals surface area contributed by atoms with Crippen molar-refractivity contribution < 1.29 is 0 Å². The van der Waals surface area contributed by atoms with E-state index in [1.165, 1.54) is 0 Å². The van der Waals surface area contributed by atoms with Gasteiger partial charge in [0.15, 0.2) is 10.6 Å².